The van der Waals surface area contributed by atoms with Gasteiger partial charge in [-0.05, 0) is 36.0 Å². The third-order valence-corrected chi connectivity index (χ3v) is 7.20. The number of piperidine rings is 1. The van der Waals surface area contributed by atoms with Crippen LogP contribution >= 0.6 is 22.9 Å². The lowest BCUT2D eigenvalue weighted by atomic mass is 10.2. The number of likely N-dealkylation sites (tertiary alicyclic amines) is 1. The van der Waals surface area contributed by atoms with Gasteiger partial charge in [0, 0.05) is 56.1 Å². The average Bonchev–Trinajstić information content (AvgIpc) is 3.23. The molecular formula is C23H23ClF3N5O4S. The van der Waals surface area contributed by atoms with Crippen LogP contribution in [0.4, 0.5) is 13.2 Å². The van der Waals surface area contributed by atoms with Crippen molar-refractivity contribution < 1.29 is 32.6 Å². The minimum absolute atomic E-state index is 0.0810. The first-order chi connectivity index (χ1) is 17.5. The number of aryl methyl sites for hydroxylation is 1. The van der Waals surface area contributed by atoms with Crippen LogP contribution in [0.1, 0.15) is 25.7 Å². The van der Waals surface area contributed by atoms with Crippen molar-refractivity contribution in [1.82, 2.24) is 24.8 Å². The number of thiazole rings is 1. The van der Waals surface area contributed by atoms with E-state index in [1.807, 2.05) is 0 Å². The van der Waals surface area contributed by atoms with E-state index in [0.29, 0.717) is 28.8 Å². The minimum atomic E-state index is -4.78. The van der Waals surface area contributed by atoms with Crippen LogP contribution in [0.3, 0.4) is 0 Å². The molecule has 37 heavy (non-hydrogen) atoms. The van der Waals surface area contributed by atoms with Gasteiger partial charge in [-0.2, -0.15) is 0 Å². The van der Waals surface area contributed by atoms with Crippen LogP contribution < -0.4 is 10.1 Å². The molecule has 0 bridgehead atoms. The first-order valence-corrected chi connectivity index (χ1v) is 12.4. The number of fused-ring (bicyclic) bond motifs is 1. The van der Waals surface area contributed by atoms with Crippen LogP contribution in [0.2, 0.25) is 4.47 Å². The van der Waals surface area contributed by atoms with Crippen molar-refractivity contribution in [3.8, 4) is 5.75 Å². The van der Waals surface area contributed by atoms with Gasteiger partial charge in [-0.1, -0.05) is 17.7 Å². The zero-order valence-electron chi connectivity index (χ0n) is 19.5. The van der Waals surface area contributed by atoms with E-state index in [4.69, 9.17) is 16.7 Å². The van der Waals surface area contributed by atoms with E-state index in [9.17, 15) is 22.8 Å². The number of carbonyl (C=O) groups excluding carboxylic acids is 1. The molecule has 1 saturated heterocycles. The zero-order valence-corrected chi connectivity index (χ0v) is 21.1. The number of halogens is 4. The maximum absolute atomic E-state index is 12.3. The van der Waals surface area contributed by atoms with E-state index in [1.54, 1.807) is 17.8 Å². The number of carbonyl (C=O) groups is 2. The maximum atomic E-state index is 12.3. The maximum Gasteiger partial charge on any atom is 0.573 e. The number of ether oxygens (including phenoxy) is 1. The van der Waals surface area contributed by atoms with Gasteiger partial charge in [-0.3, -0.25) is 9.69 Å². The molecule has 2 N–H and O–H groups in total. The molecule has 0 spiro atoms. The summed E-state index contributed by atoms with van der Waals surface area (Å²) >= 11 is 7.34. The molecule has 1 saturated carbocycles. The number of aromatic carboxylic acids is 1. The molecule has 9 nitrogen and oxygen atoms in total. The van der Waals surface area contributed by atoms with E-state index in [0.717, 1.165) is 30.6 Å². The molecule has 2 atom stereocenters. The number of amides is 1. The number of hydrogen-bond acceptors (Lipinski definition) is 7. The van der Waals surface area contributed by atoms with Gasteiger partial charge in [0.2, 0.25) is 0 Å². The number of benzene rings is 1. The number of carboxylic acid groups (broad SMARTS) is 1. The zero-order chi connectivity index (χ0) is 26.7. The van der Waals surface area contributed by atoms with Crippen molar-refractivity contribution in [1.29, 1.82) is 0 Å². The fourth-order valence-corrected chi connectivity index (χ4v) is 5.44. The Hall–Kier alpha value is -3.16. The average molecular weight is 558 g/mol. The van der Waals surface area contributed by atoms with Gasteiger partial charge in [0.05, 0.1) is 6.33 Å². The Morgan fingerprint density at radius 3 is 2.54 bits per heavy atom. The Kier molecular flexibility index (Phi) is 8.05. The van der Waals surface area contributed by atoms with Gasteiger partial charge < -0.3 is 19.7 Å². The molecule has 1 amide bonds. The van der Waals surface area contributed by atoms with Crippen LogP contribution in [0.25, 0.3) is 0 Å². The Morgan fingerprint density at radius 2 is 2.00 bits per heavy atom. The van der Waals surface area contributed by atoms with Crippen molar-refractivity contribution in [3.63, 3.8) is 0 Å². The van der Waals surface area contributed by atoms with Crippen LogP contribution in [0.15, 0.2) is 43.0 Å². The first-order valence-electron chi connectivity index (χ1n) is 11.2. The summed E-state index contributed by atoms with van der Waals surface area (Å²) in [5, 5.41) is 11.2. The molecule has 5 rings (SSSR count). The molecule has 1 aliphatic carbocycles. The van der Waals surface area contributed by atoms with Crippen LogP contribution in [-0.4, -0.2) is 62.4 Å². The van der Waals surface area contributed by atoms with Crippen molar-refractivity contribution >= 4 is 34.8 Å². The van der Waals surface area contributed by atoms with Gasteiger partial charge in [0.25, 0.3) is 5.91 Å². The summed E-state index contributed by atoms with van der Waals surface area (Å²) in [5.74, 6) is -0.279. The molecule has 2 fully saturated rings. The molecule has 3 aromatic rings. The van der Waals surface area contributed by atoms with E-state index in [-0.39, 0.29) is 11.3 Å². The molecular weight excluding hydrogens is 535 g/mol. The van der Waals surface area contributed by atoms with Crippen LogP contribution in [0.5, 0.6) is 5.75 Å². The number of carboxylic acids is 1. The largest absolute Gasteiger partial charge is 0.573 e. The monoisotopic (exact) mass is 557 g/mol. The summed E-state index contributed by atoms with van der Waals surface area (Å²) in [7, 11) is 1.72. The molecule has 0 radical (unpaired) electrons. The number of rotatable bonds is 7. The highest BCUT2D eigenvalue weighted by Gasteiger charge is 2.55. The number of nitrogens with zero attached hydrogens (tertiary/aromatic N) is 4. The SMILES string of the molecule is Cn1cnc(C(=O)O)c1.O=C(NCC1C2CN(Cc3cnc(Cl)s3)CC12)c1cccc(OC(F)(F)F)c1. The fourth-order valence-electron chi connectivity index (χ4n) is 4.42. The Bertz CT molecular complexity index is 1250. The molecule has 14 heteroatoms. The highest BCUT2D eigenvalue weighted by molar-refractivity contribution is 7.15. The molecule has 2 aliphatic rings. The first kappa shape index (κ1) is 26.9. The predicted octanol–water partition coefficient (Wildman–Crippen LogP) is 3.92. The van der Waals surface area contributed by atoms with Crippen molar-refractivity contribution in [2.24, 2.45) is 24.8 Å². The Labute approximate surface area is 218 Å². The lowest BCUT2D eigenvalue weighted by Gasteiger charge is -2.18. The molecule has 3 heterocycles. The Balaban J connectivity index is 0.000000301. The number of alkyl halides is 3. The molecule has 2 aromatic heterocycles. The predicted molar refractivity (Wildman–Crippen MR) is 128 cm³/mol. The normalized spacial score (nSPS) is 20.5. The van der Waals surface area contributed by atoms with Gasteiger partial charge in [0.15, 0.2) is 10.2 Å². The third kappa shape index (κ3) is 7.43. The van der Waals surface area contributed by atoms with E-state index in [1.165, 1.54) is 42.1 Å². The van der Waals surface area contributed by atoms with Gasteiger partial charge in [0.1, 0.15) is 5.75 Å². The van der Waals surface area contributed by atoms with E-state index >= 15 is 0 Å². The Morgan fingerprint density at radius 1 is 1.27 bits per heavy atom. The van der Waals surface area contributed by atoms with Crippen molar-refractivity contribution in [2.45, 2.75) is 12.9 Å². The second-order valence-electron chi connectivity index (χ2n) is 8.78. The second-order valence-corrected chi connectivity index (χ2v) is 10.5. The summed E-state index contributed by atoms with van der Waals surface area (Å²) in [6, 6.07) is 5.10. The number of imidazole rings is 1. The summed E-state index contributed by atoms with van der Waals surface area (Å²) in [6.45, 7) is 3.30. The third-order valence-electron chi connectivity index (χ3n) is 6.10. The quantitative estimate of drug-likeness (QED) is 0.453. The van der Waals surface area contributed by atoms with Crippen LogP contribution in [-0.2, 0) is 13.6 Å². The lowest BCUT2D eigenvalue weighted by molar-refractivity contribution is -0.274. The standard InChI is InChI=1S/C18H17ClF3N3O2S.C5H6N2O2/c19-17-24-5-12(28-17)7-25-8-14-13(15(14)9-25)6-23-16(26)10-2-1-3-11(4-10)27-18(20,21)22;1-7-2-4(5(8)9)6-3-7/h1-5,13-15H,6-9H2,(H,23,26);2-3H,1H3,(H,8,9). The summed E-state index contributed by atoms with van der Waals surface area (Å²) in [4.78, 5) is 33.5. The smallest absolute Gasteiger partial charge is 0.476 e. The highest BCUT2D eigenvalue weighted by Crippen LogP contribution is 2.51. The van der Waals surface area contributed by atoms with Crippen molar-refractivity contribution in [2.75, 3.05) is 19.6 Å². The highest BCUT2D eigenvalue weighted by atomic mass is 35.5. The number of nitrogens with one attached hydrogen (secondary N) is 1. The topological polar surface area (TPSA) is 110 Å². The summed E-state index contributed by atoms with van der Waals surface area (Å²) < 4.78 is 42.9. The van der Waals surface area contributed by atoms with Gasteiger partial charge >= 0.3 is 12.3 Å². The van der Waals surface area contributed by atoms with Gasteiger partial charge in [-0.15, -0.1) is 24.5 Å². The number of hydrogen-bond donors (Lipinski definition) is 2. The molecule has 1 aliphatic heterocycles. The fraction of sp³-hybridized carbons (Fsp3) is 0.391. The summed E-state index contributed by atoms with van der Waals surface area (Å²) in [5.41, 5.74) is 0.230. The number of aromatic nitrogens is 3. The van der Waals surface area contributed by atoms with Crippen molar-refractivity contribution in [3.05, 3.63) is 63.6 Å². The minimum Gasteiger partial charge on any atom is -0.476 e. The molecule has 1 aromatic carbocycles. The van der Waals surface area contributed by atoms with E-state index < -0.39 is 24.0 Å². The molecule has 198 valence electrons. The summed E-state index contributed by atoms with van der Waals surface area (Å²) in [6.07, 6.45) is -0.0893. The lowest BCUT2D eigenvalue weighted by Crippen LogP contribution is -2.30. The van der Waals surface area contributed by atoms with Gasteiger partial charge in [-0.25, -0.2) is 14.8 Å². The van der Waals surface area contributed by atoms with E-state index in [2.05, 4.69) is 24.9 Å². The second kappa shape index (κ2) is 11.1. The molecule has 2 unspecified atom stereocenters. The van der Waals surface area contributed by atoms with Crippen LogP contribution in [0, 0.1) is 17.8 Å².